The number of thioether (sulfide) groups is 1. The van der Waals surface area contributed by atoms with Crippen LogP contribution < -0.4 is 27.4 Å². The number of hydrogen-bond donors (Lipinski definition) is 8. The normalized spacial score (nSPS) is 15.4. The van der Waals surface area contributed by atoms with Crippen LogP contribution in [0.4, 0.5) is 0 Å². The first kappa shape index (κ1) is 30.6. The lowest BCUT2D eigenvalue weighted by atomic mass is 10.1. The number of nitrogens with two attached hydrogens (primary N) is 2. The van der Waals surface area contributed by atoms with Crippen molar-refractivity contribution in [2.24, 2.45) is 11.5 Å². The Morgan fingerprint density at radius 3 is 2.00 bits per heavy atom. The highest BCUT2D eigenvalue weighted by molar-refractivity contribution is 7.98. The Morgan fingerprint density at radius 1 is 0.909 bits per heavy atom. The smallest absolute Gasteiger partial charge is 0.326 e. The first-order valence-electron chi connectivity index (χ1n) is 10.4. The van der Waals surface area contributed by atoms with E-state index in [0.29, 0.717) is 25.1 Å². The molecule has 14 heteroatoms. The molecule has 5 atom stereocenters. The fraction of sp³-hybridized carbons (Fsp3) is 0.737. The van der Waals surface area contributed by atoms with Crippen LogP contribution in [-0.4, -0.2) is 93.8 Å². The number of hydrogen-bond acceptors (Lipinski definition) is 9. The topological polar surface area (TPSA) is 234 Å². The molecule has 5 unspecified atom stereocenters. The van der Waals surface area contributed by atoms with E-state index in [2.05, 4.69) is 16.0 Å². The Labute approximate surface area is 196 Å². The Bertz CT molecular complexity index is 679. The standard InChI is InChI=1S/C19H35N5O8S/c1-10(25)15(18(30)23-13(19(31)32)5-3-4-7-20)24-17(29)12(6-8-33-2)22-16(28)11(21)9-14(26)27/h10-13,15,25H,3-9,20-21H2,1-2H3,(H,22,28)(H,23,30)(H,24,29)(H,26,27)(H,31,32). The van der Waals surface area contributed by atoms with Gasteiger partial charge in [-0.1, -0.05) is 0 Å². The molecule has 0 saturated carbocycles. The van der Waals surface area contributed by atoms with Crippen molar-refractivity contribution in [2.45, 2.75) is 69.3 Å². The van der Waals surface area contributed by atoms with Gasteiger partial charge in [0.25, 0.3) is 0 Å². The molecular formula is C19H35N5O8S. The summed E-state index contributed by atoms with van der Waals surface area (Å²) in [6, 6.07) is -5.26. The van der Waals surface area contributed by atoms with Gasteiger partial charge in [0.15, 0.2) is 0 Å². The predicted octanol–water partition coefficient (Wildman–Crippen LogP) is -2.41. The predicted molar refractivity (Wildman–Crippen MR) is 121 cm³/mol. The van der Waals surface area contributed by atoms with Gasteiger partial charge in [-0.15, -0.1) is 0 Å². The lowest BCUT2D eigenvalue weighted by Gasteiger charge is -2.26. The number of aliphatic carboxylic acids is 2. The summed E-state index contributed by atoms with van der Waals surface area (Å²) < 4.78 is 0. The minimum absolute atomic E-state index is 0.118. The second-order valence-corrected chi connectivity index (χ2v) is 8.44. The van der Waals surface area contributed by atoms with E-state index in [0.717, 1.165) is 0 Å². The number of rotatable bonds is 17. The number of aliphatic hydroxyl groups is 1. The Kier molecular flexibility index (Phi) is 15.0. The first-order valence-corrected chi connectivity index (χ1v) is 11.8. The molecule has 10 N–H and O–H groups in total. The fourth-order valence-corrected chi connectivity index (χ4v) is 3.21. The van der Waals surface area contributed by atoms with Crippen molar-refractivity contribution in [1.82, 2.24) is 16.0 Å². The summed E-state index contributed by atoms with van der Waals surface area (Å²) in [6.45, 7) is 1.61. The van der Waals surface area contributed by atoms with Gasteiger partial charge >= 0.3 is 11.9 Å². The number of carbonyl (C=O) groups is 5. The Hall–Kier alpha value is -2.42. The van der Waals surface area contributed by atoms with Crippen molar-refractivity contribution in [3.63, 3.8) is 0 Å². The molecule has 0 aliphatic rings. The highest BCUT2D eigenvalue weighted by Crippen LogP contribution is 2.06. The summed E-state index contributed by atoms with van der Waals surface area (Å²) in [4.78, 5) is 59.7. The zero-order chi connectivity index (χ0) is 25.6. The molecule has 0 aromatic heterocycles. The molecular weight excluding hydrogens is 458 g/mol. The summed E-state index contributed by atoms with van der Waals surface area (Å²) in [7, 11) is 0. The molecule has 3 amide bonds. The maximum absolute atomic E-state index is 12.8. The van der Waals surface area contributed by atoms with Crippen LogP contribution in [0.2, 0.25) is 0 Å². The van der Waals surface area contributed by atoms with Crippen LogP contribution >= 0.6 is 11.8 Å². The number of amides is 3. The third kappa shape index (κ3) is 12.4. The summed E-state index contributed by atoms with van der Waals surface area (Å²) >= 11 is 1.39. The van der Waals surface area contributed by atoms with Gasteiger partial charge < -0.3 is 42.7 Å². The van der Waals surface area contributed by atoms with Gasteiger partial charge in [0.05, 0.1) is 18.6 Å². The largest absolute Gasteiger partial charge is 0.481 e. The molecule has 0 bridgehead atoms. The molecule has 0 aromatic carbocycles. The molecule has 0 aromatic rings. The zero-order valence-electron chi connectivity index (χ0n) is 18.8. The van der Waals surface area contributed by atoms with E-state index >= 15 is 0 Å². The number of unbranched alkanes of at least 4 members (excludes halogenated alkanes) is 1. The summed E-state index contributed by atoms with van der Waals surface area (Å²) in [5.74, 6) is -4.68. The van der Waals surface area contributed by atoms with Crippen LogP contribution in [0.5, 0.6) is 0 Å². The molecule has 0 radical (unpaired) electrons. The van der Waals surface area contributed by atoms with E-state index in [-0.39, 0.29) is 12.8 Å². The SMILES string of the molecule is CSCCC(NC(=O)C(N)CC(=O)O)C(=O)NC(C(=O)NC(CCCCN)C(=O)O)C(C)O. The van der Waals surface area contributed by atoms with Gasteiger partial charge in [0, 0.05) is 0 Å². The molecule has 0 aliphatic carbocycles. The number of carboxylic acid groups (broad SMARTS) is 2. The fourth-order valence-electron chi connectivity index (χ4n) is 2.73. The van der Waals surface area contributed by atoms with Crippen LogP contribution in [0.3, 0.4) is 0 Å². The van der Waals surface area contributed by atoms with Gasteiger partial charge in [0.2, 0.25) is 17.7 Å². The Balaban J connectivity index is 5.33. The van der Waals surface area contributed by atoms with Crippen molar-refractivity contribution in [3.8, 4) is 0 Å². The van der Waals surface area contributed by atoms with Crippen molar-refractivity contribution in [3.05, 3.63) is 0 Å². The number of aliphatic hydroxyl groups excluding tert-OH is 1. The number of nitrogens with one attached hydrogen (secondary N) is 3. The monoisotopic (exact) mass is 493 g/mol. The minimum Gasteiger partial charge on any atom is -0.481 e. The molecule has 0 heterocycles. The summed E-state index contributed by atoms with van der Waals surface area (Å²) in [5, 5.41) is 35.1. The number of carboxylic acids is 2. The average Bonchev–Trinajstić information content (AvgIpc) is 2.72. The van der Waals surface area contributed by atoms with Gasteiger partial charge in [0.1, 0.15) is 18.1 Å². The van der Waals surface area contributed by atoms with Gasteiger partial charge in [-0.3, -0.25) is 19.2 Å². The highest BCUT2D eigenvalue weighted by Gasteiger charge is 2.32. The van der Waals surface area contributed by atoms with E-state index in [1.165, 1.54) is 18.7 Å². The molecule has 33 heavy (non-hydrogen) atoms. The first-order chi connectivity index (χ1) is 15.4. The van der Waals surface area contributed by atoms with E-state index in [1.807, 2.05) is 0 Å². The molecule has 0 saturated heterocycles. The van der Waals surface area contributed by atoms with E-state index in [4.69, 9.17) is 16.6 Å². The van der Waals surface area contributed by atoms with E-state index < -0.39 is 66.4 Å². The van der Waals surface area contributed by atoms with Gasteiger partial charge in [-0.05, 0) is 51.2 Å². The third-order valence-electron chi connectivity index (χ3n) is 4.60. The molecule has 0 fully saturated rings. The van der Waals surface area contributed by atoms with Crippen LogP contribution in [0.1, 0.15) is 39.0 Å². The van der Waals surface area contributed by atoms with Crippen molar-refractivity contribution < 1.29 is 39.3 Å². The lowest BCUT2D eigenvalue weighted by Crippen LogP contribution is -2.60. The van der Waals surface area contributed by atoms with Crippen molar-refractivity contribution >= 4 is 41.4 Å². The molecule has 0 spiro atoms. The zero-order valence-corrected chi connectivity index (χ0v) is 19.6. The van der Waals surface area contributed by atoms with Crippen LogP contribution in [0, 0.1) is 0 Å². The number of carbonyl (C=O) groups excluding carboxylic acids is 3. The molecule has 190 valence electrons. The maximum atomic E-state index is 12.8. The average molecular weight is 494 g/mol. The summed E-state index contributed by atoms with van der Waals surface area (Å²) in [6.07, 6.45) is 1.04. The van der Waals surface area contributed by atoms with Gasteiger partial charge in [-0.25, -0.2) is 4.79 Å². The maximum Gasteiger partial charge on any atom is 0.326 e. The van der Waals surface area contributed by atoms with Crippen LogP contribution in [0.25, 0.3) is 0 Å². The summed E-state index contributed by atoms with van der Waals surface area (Å²) in [5.41, 5.74) is 10.9. The van der Waals surface area contributed by atoms with E-state index in [9.17, 15) is 34.2 Å². The highest BCUT2D eigenvalue weighted by atomic mass is 32.2. The van der Waals surface area contributed by atoms with Crippen molar-refractivity contribution in [1.29, 1.82) is 0 Å². The molecule has 0 rings (SSSR count). The third-order valence-corrected chi connectivity index (χ3v) is 5.24. The lowest BCUT2D eigenvalue weighted by molar-refractivity contribution is -0.143. The second-order valence-electron chi connectivity index (χ2n) is 7.46. The van der Waals surface area contributed by atoms with Crippen LogP contribution in [0.15, 0.2) is 0 Å². The Morgan fingerprint density at radius 2 is 1.52 bits per heavy atom. The second kappa shape index (κ2) is 16.2. The molecule has 13 nitrogen and oxygen atoms in total. The van der Waals surface area contributed by atoms with E-state index in [1.54, 1.807) is 6.26 Å². The van der Waals surface area contributed by atoms with Crippen LogP contribution in [-0.2, 0) is 24.0 Å². The van der Waals surface area contributed by atoms with Crippen molar-refractivity contribution in [2.75, 3.05) is 18.6 Å². The van der Waals surface area contributed by atoms with Gasteiger partial charge in [-0.2, -0.15) is 11.8 Å². The molecule has 0 aliphatic heterocycles. The quantitative estimate of drug-likeness (QED) is 0.0993. The minimum atomic E-state index is -1.49.